The maximum atomic E-state index is 12.1. The number of amides is 1. The van der Waals surface area contributed by atoms with Crippen LogP contribution in [0.4, 0.5) is 11.4 Å². The van der Waals surface area contributed by atoms with Crippen LogP contribution in [0.5, 0.6) is 0 Å². The van der Waals surface area contributed by atoms with Gasteiger partial charge in [-0.15, -0.1) is 0 Å². The number of benzene rings is 2. The molecule has 0 aromatic heterocycles. The SMILES string of the molecule is Cc1ccc(C(=O)Nc2ccc(NC=C(C#N)C#N)cc2)cc1. The van der Waals surface area contributed by atoms with E-state index >= 15 is 0 Å². The number of nitriles is 2. The molecule has 23 heavy (non-hydrogen) atoms. The van der Waals surface area contributed by atoms with Crippen molar-refractivity contribution in [3.05, 3.63) is 71.4 Å². The van der Waals surface area contributed by atoms with Crippen LogP contribution in [0.15, 0.2) is 60.3 Å². The van der Waals surface area contributed by atoms with Gasteiger partial charge in [0.05, 0.1) is 0 Å². The number of rotatable bonds is 4. The van der Waals surface area contributed by atoms with E-state index in [9.17, 15) is 4.79 Å². The minimum absolute atomic E-state index is 0.0123. The van der Waals surface area contributed by atoms with Gasteiger partial charge in [0.1, 0.15) is 17.7 Å². The first-order chi connectivity index (χ1) is 11.1. The smallest absolute Gasteiger partial charge is 0.255 e. The summed E-state index contributed by atoms with van der Waals surface area (Å²) >= 11 is 0. The fraction of sp³-hybridized carbons (Fsp3) is 0.0556. The predicted molar refractivity (Wildman–Crippen MR) is 88.5 cm³/mol. The van der Waals surface area contributed by atoms with E-state index in [0.29, 0.717) is 16.9 Å². The van der Waals surface area contributed by atoms with Crippen LogP contribution in [0.2, 0.25) is 0 Å². The van der Waals surface area contributed by atoms with E-state index in [0.717, 1.165) is 5.56 Å². The molecule has 0 fully saturated rings. The minimum atomic E-state index is -0.179. The summed E-state index contributed by atoms with van der Waals surface area (Å²) in [5.74, 6) is -0.179. The van der Waals surface area contributed by atoms with Gasteiger partial charge in [-0.2, -0.15) is 10.5 Å². The van der Waals surface area contributed by atoms with Crippen molar-refractivity contribution in [2.45, 2.75) is 6.92 Å². The molecule has 2 aromatic rings. The lowest BCUT2D eigenvalue weighted by molar-refractivity contribution is 0.102. The lowest BCUT2D eigenvalue weighted by Crippen LogP contribution is -2.11. The van der Waals surface area contributed by atoms with Crippen molar-refractivity contribution in [1.82, 2.24) is 0 Å². The summed E-state index contributed by atoms with van der Waals surface area (Å²) < 4.78 is 0. The molecule has 0 aliphatic carbocycles. The Balaban J connectivity index is 2.01. The molecule has 0 radical (unpaired) electrons. The third-order valence-corrected chi connectivity index (χ3v) is 3.08. The first-order valence-corrected chi connectivity index (χ1v) is 6.87. The van der Waals surface area contributed by atoms with E-state index in [2.05, 4.69) is 10.6 Å². The molecule has 0 aliphatic rings. The van der Waals surface area contributed by atoms with Crippen LogP contribution in [0.1, 0.15) is 15.9 Å². The van der Waals surface area contributed by atoms with Crippen molar-refractivity contribution in [3.8, 4) is 12.1 Å². The van der Waals surface area contributed by atoms with Crippen molar-refractivity contribution in [2.24, 2.45) is 0 Å². The number of hydrogen-bond acceptors (Lipinski definition) is 4. The Hall–Kier alpha value is -3.57. The van der Waals surface area contributed by atoms with Crippen LogP contribution >= 0.6 is 0 Å². The van der Waals surface area contributed by atoms with E-state index < -0.39 is 0 Å². The molecule has 5 heteroatoms. The average Bonchev–Trinajstić information content (AvgIpc) is 2.58. The molecular weight excluding hydrogens is 288 g/mol. The zero-order valence-corrected chi connectivity index (χ0v) is 12.5. The number of anilines is 2. The first-order valence-electron chi connectivity index (χ1n) is 6.87. The minimum Gasteiger partial charge on any atom is -0.360 e. The highest BCUT2D eigenvalue weighted by atomic mass is 16.1. The van der Waals surface area contributed by atoms with Crippen molar-refractivity contribution in [1.29, 1.82) is 10.5 Å². The van der Waals surface area contributed by atoms with Gasteiger partial charge < -0.3 is 10.6 Å². The Morgan fingerprint density at radius 2 is 1.52 bits per heavy atom. The molecule has 5 nitrogen and oxygen atoms in total. The topological polar surface area (TPSA) is 88.7 Å². The highest BCUT2D eigenvalue weighted by Crippen LogP contribution is 2.15. The molecule has 0 spiro atoms. The van der Waals surface area contributed by atoms with Crippen LogP contribution in [-0.2, 0) is 0 Å². The molecule has 0 aliphatic heterocycles. The summed E-state index contributed by atoms with van der Waals surface area (Å²) in [6, 6.07) is 17.8. The monoisotopic (exact) mass is 302 g/mol. The number of allylic oxidation sites excluding steroid dienone is 1. The molecule has 0 atom stereocenters. The van der Waals surface area contributed by atoms with Gasteiger partial charge in [-0.25, -0.2) is 0 Å². The fourth-order valence-electron chi connectivity index (χ4n) is 1.80. The van der Waals surface area contributed by atoms with E-state index in [4.69, 9.17) is 10.5 Å². The van der Waals surface area contributed by atoms with E-state index in [1.54, 1.807) is 48.5 Å². The largest absolute Gasteiger partial charge is 0.360 e. The number of nitrogens with one attached hydrogen (secondary N) is 2. The molecule has 0 saturated carbocycles. The number of carbonyl (C=O) groups is 1. The Morgan fingerprint density at radius 1 is 0.957 bits per heavy atom. The second-order valence-corrected chi connectivity index (χ2v) is 4.82. The number of hydrogen-bond donors (Lipinski definition) is 2. The number of carbonyl (C=O) groups excluding carboxylic acids is 1. The third-order valence-electron chi connectivity index (χ3n) is 3.08. The van der Waals surface area contributed by atoms with Gasteiger partial charge in [-0.05, 0) is 43.3 Å². The highest BCUT2D eigenvalue weighted by Gasteiger charge is 2.05. The van der Waals surface area contributed by atoms with Crippen molar-refractivity contribution >= 4 is 17.3 Å². The van der Waals surface area contributed by atoms with Crippen LogP contribution in [0, 0.1) is 29.6 Å². The summed E-state index contributed by atoms with van der Waals surface area (Å²) in [5, 5.41) is 22.9. The standard InChI is InChI=1S/C18H14N4O/c1-13-2-4-15(5-3-13)18(23)22-17-8-6-16(7-9-17)21-12-14(10-19)11-20/h2-9,12,21H,1H3,(H,22,23). The molecule has 1 amide bonds. The molecule has 2 rings (SSSR count). The maximum Gasteiger partial charge on any atom is 0.255 e. The van der Waals surface area contributed by atoms with Gasteiger partial charge in [0, 0.05) is 23.1 Å². The lowest BCUT2D eigenvalue weighted by atomic mass is 10.1. The second-order valence-electron chi connectivity index (χ2n) is 4.82. The van der Waals surface area contributed by atoms with Crippen LogP contribution < -0.4 is 10.6 Å². The Labute approximate surface area is 134 Å². The zero-order chi connectivity index (χ0) is 16.7. The molecule has 0 heterocycles. The molecule has 112 valence electrons. The summed E-state index contributed by atoms with van der Waals surface area (Å²) in [5.41, 5.74) is 3.04. The molecule has 0 unspecified atom stereocenters. The average molecular weight is 302 g/mol. The Kier molecular flexibility index (Phi) is 5.12. The van der Waals surface area contributed by atoms with Crippen LogP contribution in [0.25, 0.3) is 0 Å². The Bertz CT molecular complexity index is 790. The number of nitrogens with zero attached hydrogens (tertiary/aromatic N) is 2. The Morgan fingerprint density at radius 3 is 2.09 bits per heavy atom. The van der Waals surface area contributed by atoms with Crippen molar-refractivity contribution < 1.29 is 4.79 Å². The number of aryl methyl sites for hydroxylation is 1. The second kappa shape index (κ2) is 7.44. The quantitative estimate of drug-likeness (QED) is 0.845. The van der Waals surface area contributed by atoms with E-state index in [1.807, 2.05) is 19.1 Å². The maximum absolute atomic E-state index is 12.1. The third kappa shape index (κ3) is 4.45. The molecule has 2 aromatic carbocycles. The highest BCUT2D eigenvalue weighted by molar-refractivity contribution is 6.04. The predicted octanol–water partition coefficient (Wildman–Crippen LogP) is 3.59. The van der Waals surface area contributed by atoms with Gasteiger partial charge >= 0.3 is 0 Å². The fourth-order valence-corrected chi connectivity index (χ4v) is 1.80. The van der Waals surface area contributed by atoms with Crippen LogP contribution in [0.3, 0.4) is 0 Å². The summed E-state index contributed by atoms with van der Waals surface area (Å²) in [6.45, 7) is 1.96. The van der Waals surface area contributed by atoms with Gasteiger partial charge in [-0.3, -0.25) is 4.79 Å². The summed E-state index contributed by atoms with van der Waals surface area (Å²) in [7, 11) is 0. The summed E-state index contributed by atoms with van der Waals surface area (Å²) in [6.07, 6.45) is 1.33. The van der Waals surface area contributed by atoms with E-state index in [1.165, 1.54) is 6.20 Å². The van der Waals surface area contributed by atoms with Gasteiger partial charge in [-0.1, -0.05) is 17.7 Å². The van der Waals surface area contributed by atoms with Crippen LogP contribution in [-0.4, -0.2) is 5.91 Å². The normalized spacial score (nSPS) is 9.17. The van der Waals surface area contributed by atoms with Gasteiger partial charge in [0.25, 0.3) is 5.91 Å². The van der Waals surface area contributed by atoms with E-state index in [-0.39, 0.29) is 11.5 Å². The lowest BCUT2D eigenvalue weighted by Gasteiger charge is -2.07. The molecular formula is C18H14N4O. The van der Waals surface area contributed by atoms with Gasteiger partial charge in [0.15, 0.2) is 0 Å². The molecule has 2 N–H and O–H groups in total. The van der Waals surface area contributed by atoms with Crippen molar-refractivity contribution in [2.75, 3.05) is 10.6 Å². The molecule has 0 saturated heterocycles. The first kappa shape index (κ1) is 15.8. The zero-order valence-electron chi connectivity index (χ0n) is 12.5. The van der Waals surface area contributed by atoms with Crippen molar-refractivity contribution in [3.63, 3.8) is 0 Å². The molecule has 0 bridgehead atoms. The summed E-state index contributed by atoms with van der Waals surface area (Å²) in [4.78, 5) is 12.1. The van der Waals surface area contributed by atoms with Gasteiger partial charge in [0.2, 0.25) is 0 Å².